The van der Waals surface area contributed by atoms with Gasteiger partial charge < -0.3 is 9.84 Å². The van der Waals surface area contributed by atoms with Crippen LogP contribution in [0.25, 0.3) is 6.08 Å². The monoisotopic (exact) mass is 232 g/mol. The van der Waals surface area contributed by atoms with Gasteiger partial charge in [-0.25, -0.2) is 0 Å². The van der Waals surface area contributed by atoms with Crippen LogP contribution in [-0.4, -0.2) is 24.9 Å². The topological polar surface area (TPSA) is 29.5 Å². The van der Waals surface area contributed by atoms with Crippen LogP contribution in [0.5, 0.6) is 0 Å². The van der Waals surface area contributed by atoms with E-state index in [0.29, 0.717) is 0 Å². The van der Waals surface area contributed by atoms with E-state index in [4.69, 9.17) is 9.84 Å². The first-order valence-corrected chi connectivity index (χ1v) is 5.81. The van der Waals surface area contributed by atoms with Crippen LogP contribution in [0.3, 0.4) is 0 Å². The molecular weight excluding hydrogens is 212 g/mol. The van der Waals surface area contributed by atoms with Gasteiger partial charge in [-0.15, -0.1) is 0 Å². The second-order valence-corrected chi connectivity index (χ2v) is 3.94. The number of rotatable bonds is 6. The van der Waals surface area contributed by atoms with Crippen LogP contribution in [0.2, 0.25) is 0 Å². The number of methoxy groups -OCH3 is 1. The predicted octanol–water partition coefficient (Wildman–Crippen LogP) is 2.90. The maximum absolute atomic E-state index is 8.73. The van der Waals surface area contributed by atoms with Gasteiger partial charge >= 0.3 is 0 Å². The molecule has 1 N–H and O–H groups in total. The molecule has 0 fully saturated rings. The van der Waals surface area contributed by atoms with Crippen LogP contribution in [0.15, 0.2) is 48.6 Å². The number of aliphatic hydroxyl groups excluding tert-OH is 1. The average Bonchev–Trinajstić information content (AvgIpc) is 2.38. The quantitative estimate of drug-likeness (QED) is 0.764. The molecule has 0 aliphatic rings. The lowest BCUT2D eigenvalue weighted by molar-refractivity contribution is 0.113. The second-order valence-electron chi connectivity index (χ2n) is 3.94. The van der Waals surface area contributed by atoms with Crippen LogP contribution >= 0.6 is 0 Å². The number of hydrogen-bond acceptors (Lipinski definition) is 2. The van der Waals surface area contributed by atoms with E-state index < -0.39 is 0 Å². The van der Waals surface area contributed by atoms with Crippen molar-refractivity contribution in [2.75, 3.05) is 13.7 Å². The van der Waals surface area contributed by atoms with Gasteiger partial charge in [-0.05, 0) is 5.56 Å². The standard InChI is InChI=1S/C15H20O2/c1-13(7-6-12-16)15(17-2)11-10-14-8-4-3-5-9-14/h3-11,13,15-16H,12H2,1-2H3/b7-6+,11-10+/t13-,15+/m0/s1. The number of aliphatic hydroxyl groups is 1. The maximum Gasteiger partial charge on any atom is 0.0815 e. The van der Waals surface area contributed by atoms with Crippen molar-refractivity contribution in [2.45, 2.75) is 13.0 Å². The normalized spacial score (nSPS) is 15.5. The predicted molar refractivity (Wildman–Crippen MR) is 71.7 cm³/mol. The molecule has 0 radical (unpaired) electrons. The van der Waals surface area contributed by atoms with E-state index in [2.05, 4.69) is 25.1 Å². The molecule has 0 saturated carbocycles. The van der Waals surface area contributed by atoms with Gasteiger partial charge in [0.2, 0.25) is 0 Å². The third kappa shape index (κ3) is 4.98. The maximum atomic E-state index is 8.73. The van der Waals surface area contributed by atoms with E-state index in [1.54, 1.807) is 13.2 Å². The van der Waals surface area contributed by atoms with Crippen LogP contribution in [0, 0.1) is 5.92 Å². The molecular formula is C15H20O2. The fourth-order valence-corrected chi connectivity index (χ4v) is 1.62. The van der Waals surface area contributed by atoms with Gasteiger partial charge in [-0.3, -0.25) is 0 Å². The van der Waals surface area contributed by atoms with Gasteiger partial charge in [0.05, 0.1) is 12.7 Å². The Morgan fingerprint density at radius 3 is 2.53 bits per heavy atom. The first kappa shape index (κ1) is 13.7. The molecule has 2 heteroatoms. The highest BCUT2D eigenvalue weighted by molar-refractivity contribution is 5.49. The first-order valence-electron chi connectivity index (χ1n) is 5.81. The molecule has 0 aliphatic carbocycles. The molecule has 0 bridgehead atoms. The Morgan fingerprint density at radius 1 is 1.24 bits per heavy atom. The summed E-state index contributed by atoms with van der Waals surface area (Å²) in [7, 11) is 1.70. The van der Waals surface area contributed by atoms with Crippen molar-refractivity contribution in [1.29, 1.82) is 0 Å². The molecule has 2 atom stereocenters. The van der Waals surface area contributed by atoms with Crippen LogP contribution < -0.4 is 0 Å². The Kier molecular flexibility index (Phi) is 6.30. The molecule has 1 aromatic rings. The average molecular weight is 232 g/mol. The van der Waals surface area contributed by atoms with Crippen LogP contribution in [-0.2, 0) is 4.74 Å². The van der Waals surface area contributed by atoms with E-state index in [9.17, 15) is 0 Å². The lowest BCUT2D eigenvalue weighted by Gasteiger charge is -2.15. The first-order chi connectivity index (χ1) is 8.27. The summed E-state index contributed by atoms with van der Waals surface area (Å²) < 4.78 is 5.41. The zero-order valence-corrected chi connectivity index (χ0v) is 10.4. The van der Waals surface area contributed by atoms with Crippen molar-refractivity contribution >= 4 is 6.08 Å². The molecule has 0 unspecified atom stereocenters. The Balaban J connectivity index is 2.63. The third-order valence-electron chi connectivity index (χ3n) is 2.61. The molecule has 0 spiro atoms. The highest BCUT2D eigenvalue weighted by Crippen LogP contribution is 2.12. The number of benzene rings is 1. The van der Waals surface area contributed by atoms with Gasteiger partial charge in [0.25, 0.3) is 0 Å². The minimum absolute atomic E-state index is 0.0259. The second kappa shape index (κ2) is 7.82. The summed E-state index contributed by atoms with van der Waals surface area (Å²) in [4.78, 5) is 0. The Morgan fingerprint density at radius 2 is 1.94 bits per heavy atom. The van der Waals surface area contributed by atoms with Crippen LogP contribution in [0.1, 0.15) is 12.5 Å². The molecule has 92 valence electrons. The van der Waals surface area contributed by atoms with Crippen molar-refractivity contribution < 1.29 is 9.84 Å². The van der Waals surface area contributed by atoms with E-state index in [-0.39, 0.29) is 18.6 Å². The zero-order chi connectivity index (χ0) is 12.5. The minimum atomic E-state index is 0.0259. The summed E-state index contributed by atoms with van der Waals surface area (Å²) in [6.45, 7) is 2.14. The van der Waals surface area contributed by atoms with Gasteiger partial charge in [-0.2, -0.15) is 0 Å². The fraction of sp³-hybridized carbons (Fsp3) is 0.333. The Bertz CT molecular complexity index is 354. The molecule has 17 heavy (non-hydrogen) atoms. The molecule has 0 amide bonds. The van der Waals surface area contributed by atoms with E-state index in [0.717, 1.165) is 5.56 Å². The van der Waals surface area contributed by atoms with Crippen LogP contribution in [0.4, 0.5) is 0 Å². The van der Waals surface area contributed by atoms with E-state index >= 15 is 0 Å². The SMILES string of the molecule is CO[C@H](/C=C/c1ccccc1)[C@@H](C)/C=C/CO. The summed E-state index contributed by atoms with van der Waals surface area (Å²) in [6, 6.07) is 10.1. The van der Waals surface area contributed by atoms with Gasteiger partial charge in [0.15, 0.2) is 0 Å². The fourth-order valence-electron chi connectivity index (χ4n) is 1.62. The lowest BCUT2D eigenvalue weighted by Crippen LogP contribution is -2.15. The van der Waals surface area contributed by atoms with E-state index in [1.807, 2.05) is 30.4 Å². The van der Waals surface area contributed by atoms with Crippen molar-refractivity contribution in [3.8, 4) is 0 Å². The highest BCUT2D eigenvalue weighted by atomic mass is 16.5. The molecule has 1 rings (SSSR count). The summed E-state index contributed by atoms with van der Waals surface area (Å²) in [5.74, 6) is 0.243. The Hall–Kier alpha value is -1.38. The summed E-state index contributed by atoms with van der Waals surface area (Å²) >= 11 is 0. The van der Waals surface area contributed by atoms with Crippen molar-refractivity contribution in [3.63, 3.8) is 0 Å². The summed E-state index contributed by atoms with van der Waals surface area (Å²) in [5.41, 5.74) is 1.16. The molecule has 0 aromatic heterocycles. The molecule has 1 aromatic carbocycles. The molecule has 0 heterocycles. The minimum Gasteiger partial charge on any atom is -0.392 e. The third-order valence-corrected chi connectivity index (χ3v) is 2.61. The van der Waals surface area contributed by atoms with Gasteiger partial charge in [-0.1, -0.05) is 61.6 Å². The van der Waals surface area contributed by atoms with Gasteiger partial charge in [0, 0.05) is 13.0 Å². The van der Waals surface area contributed by atoms with Crippen molar-refractivity contribution in [1.82, 2.24) is 0 Å². The van der Waals surface area contributed by atoms with Crippen molar-refractivity contribution in [2.24, 2.45) is 5.92 Å². The van der Waals surface area contributed by atoms with Crippen molar-refractivity contribution in [3.05, 3.63) is 54.1 Å². The van der Waals surface area contributed by atoms with Gasteiger partial charge in [0.1, 0.15) is 0 Å². The van der Waals surface area contributed by atoms with E-state index in [1.165, 1.54) is 0 Å². The summed E-state index contributed by atoms with van der Waals surface area (Å²) in [6.07, 6.45) is 7.83. The number of hydrogen-bond donors (Lipinski definition) is 1. The Labute approximate surface area is 103 Å². The zero-order valence-electron chi connectivity index (χ0n) is 10.4. The molecule has 0 aliphatic heterocycles. The number of ether oxygens (including phenoxy) is 1. The highest BCUT2D eigenvalue weighted by Gasteiger charge is 2.09. The molecule has 2 nitrogen and oxygen atoms in total. The molecule has 0 saturated heterocycles. The largest absolute Gasteiger partial charge is 0.392 e. The summed E-state index contributed by atoms with van der Waals surface area (Å²) in [5, 5.41) is 8.73. The lowest BCUT2D eigenvalue weighted by atomic mass is 10.0. The smallest absolute Gasteiger partial charge is 0.0815 e.